The topological polar surface area (TPSA) is 59.9 Å². The van der Waals surface area contributed by atoms with Gasteiger partial charge in [0.25, 0.3) is 5.91 Å². The highest BCUT2D eigenvalue weighted by atomic mass is 19.4. The number of hydrazone groups is 1. The van der Waals surface area contributed by atoms with Gasteiger partial charge < -0.3 is 9.47 Å². The summed E-state index contributed by atoms with van der Waals surface area (Å²) in [6.45, 7) is 2.08. The lowest BCUT2D eigenvalue weighted by molar-refractivity contribution is -0.137. The van der Waals surface area contributed by atoms with E-state index in [1.54, 1.807) is 24.3 Å². The molecule has 1 amide bonds. The second kappa shape index (κ2) is 8.89. The number of ether oxygens (including phenoxy) is 2. The van der Waals surface area contributed by atoms with Gasteiger partial charge in [-0.15, -0.1) is 0 Å². The minimum Gasteiger partial charge on any atom is -0.494 e. The van der Waals surface area contributed by atoms with Gasteiger partial charge in [-0.3, -0.25) is 4.79 Å². The first-order valence-electron chi connectivity index (χ1n) is 7.74. The fourth-order valence-electron chi connectivity index (χ4n) is 2.02. The lowest BCUT2D eigenvalue weighted by atomic mass is 10.1. The lowest BCUT2D eigenvalue weighted by Gasteiger charge is -2.09. The van der Waals surface area contributed by atoms with Gasteiger partial charge in [0.05, 0.1) is 18.4 Å². The average Bonchev–Trinajstić information content (AvgIpc) is 2.61. The molecule has 2 aromatic rings. The van der Waals surface area contributed by atoms with Crippen LogP contribution < -0.4 is 14.9 Å². The molecule has 0 fully saturated rings. The number of halogens is 3. The molecule has 0 bridgehead atoms. The van der Waals surface area contributed by atoms with Crippen LogP contribution in [0.5, 0.6) is 11.5 Å². The number of benzene rings is 2. The number of nitrogens with zero attached hydrogens (tertiary/aromatic N) is 1. The van der Waals surface area contributed by atoms with Crippen molar-refractivity contribution in [2.75, 3.05) is 13.2 Å². The Kier molecular flexibility index (Phi) is 6.60. The van der Waals surface area contributed by atoms with Crippen molar-refractivity contribution >= 4 is 12.1 Å². The standard InChI is InChI=1S/C18H17F3N2O3/c1-2-25-14-7-9-15(10-8-14)26-12-17(24)23-22-11-13-5-3-4-6-16(13)18(19,20)21/h3-11H,2,12H2,1H3,(H,23,24)/b22-11-. The number of carbonyl (C=O) groups is 1. The van der Waals surface area contributed by atoms with Gasteiger partial charge in [0.15, 0.2) is 6.61 Å². The summed E-state index contributed by atoms with van der Waals surface area (Å²) in [5, 5.41) is 3.54. The number of nitrogens with one attached hydrogen (secondary N) is 1. The summed E-state index contributed by atoms with van der Waals surface area (Å²) in [5.74, 6) is 0.534. The summed E-state index contributed by atoms with van der Waals surface area (Å²) < 4.78 is 49.1. The van der Waals surface area contributed by atoms with Gasteiger partial charge in [0, 0.05) is 5.56 Å². The van der Waals surface area contributed by atoms with Gasteiger partial charge in [-0.25, -0.2) is 5.43 Å². The van der Waals surface area contributed by atoms with Crippen molar-refractivity contribution in [1.82, 2.24) is 5.43 Å². The van der Waals surface area contributed by atoms with E-state index in [-0.39, 0.29) is 12.2 Å². The normalized spacial score (nSPS) is 11.4. The predicted octanol–water partition coefficient (Wildman–Crippen LogP) is 3.63. The molecule has 8 heteroatoms. The molecule has 0 spiro atoms. The monoisotopic (exact) mass is 366 g/mol. The van der Waals surface area contributed by atoms with E-state index in [2.05, 4.69) is 10.5 Å². The van der Waals surface area contributed by atoms with Crippen LogP contribution in [0.15, 0.2) is 53.6 Å². The average molecular weight is 366 g/mol. The van der Waals surface area contributed by atoms with Crippen molar-refractivity contribution in [2.45, 2.75) is 13.1 Å². The van der Waals surface area contributed by atoms with Gasteiger partial charge >= 0.3 is 6.18 Å². The molecule has 0 aliphatic heterocycles. The highest BCUT2D eigenvalue weighted by Crippen LogP contribution is 2.31. The molecule has 2 aromatic carbocycles. The minimum atomic E-state index is -4.50. The van der Waals surface area contributed by atoms with Crippen LogP contribution in [0.2, 0.25) is 0 Å². The van der Waals surface area contributed by atoms with Crippen LogP contribution in [0.25, 0.3) is 0 Å². The summed E-state index contributed by atoms with van der Waals surface area (Å²) in [7, 11) is 0. The van der Waals surface area contributed by atoms with Crippen LogP contribution in [0, 0.1) is 0 Å². The second-order valence-electron chi connectivity index (χ2n) is 5.07. The smallest absolute Gasteiger partial charge is 0.417 e. The predicted molar refractivity (Wildman–Crippen MR) is 90.3 cm³/mol. The number of alkyl halides is 3. The fraction of sp³-hybridized carbons (Fsp3) is 0.222. The first-order valence-corrected chi connectivity index (χ1v) is 7.74. The molecule has 0 radical (unpaired) electrons. The number of carbonyl (C=O) groups excluding carboxylic acids is 1. The van der Waals surface area contributed by atoms with E-state index in [0.29, 0.717) is 18.1 Å². The molecule has 26 heavy (non-hydrogen) atoms. The third-order valence-electron chi connectivity index (χ3n) is 3.16. The summed E-state index contributed by atoms with van der Waals surface area (Å²) in [6, 6.07) is 11.6. The third-order valence-corrected chi connectivity index (χ3v) is 3.16. The van der Waals surface area contributed by atoms with Crippen LogP contribution in [0.4, 0.5) is 13.2 Å². The Bertz CT molecular complexity index is 759. The Morgan fingerprint density at radius 2 is 1.69 bits per heavy atom. The molecule has 0 saturated carbocycles. The maximum absolute atomic E-state index is 12.8. The molecule has 0 aliphatic carbocycles. The quantitative estimate of drug-likeness (QED) is 0.601. The van der Waals surface area contributed by atoms with Crippen molar-refractivity contribution in [3.05, 3.63) is 59.7 Å². The number of amides is 1. The molecule has 0 aliphatic rings. The SMILES string of the molecule is CCOc1ccc(OCC(=O)N/N=C\c2ccccc2C(F)(F)F)cc1. The molecule has 0 atom stereocenters. The zero-order valence-electron chi connectivity index (χ0n) is 13.9. The molecule has 0 aromatic heterocycles. The summed E-state index contributed by atoms with van der Waals surface area (Å²) in [4.78, 5) is 11.7. The van der Waals surface area contributed by atoms with Crippen molar-refractivity contribution < 1.29 is 27.4 Å². The summed E-state index contributed by atoms with van der Waals surface area (Å²) in [6.07, 6.45) is -3.55. The van der Waals surface area contributed by atoms with Crippen LogP contribution in [-0.2, 0) is 11.0 Å². The zero-order valence-corrected chi connectivity index (χ0v) is 13.9. The van der Waals surface area contributed by atoms with Crippen molar-refractivity contribution in [3.8, 4) is 11.5 Å². The Morgan fingerprint density at radius 3 is 2.31 bits per heavy atom. The number of hydrogen-bond donors (Lipinski definition) is 1. The van der Waals surface area contributed by atoms with Crippen molar-refractivity contribution in [3.63, 3.8) is 0 Å². The molecule has 2 rings (SSSR count). The molecular weight excluding hydrogens is 349 g/mol. The van der Waals surface area contributed by atoms with E-state index in [1.165, 1.54) is 18.2 Å². The van der Waals surface area contributed by atoms with Gasteiger partial charge in [0.2, 0.25) is 0 Å². The van der Waals surface area contributed by atoms with Crippen LogP contribution in [-0.4, -0.2) is 25.3 Å². The Balaban J connectivity index is 1.86. The van der Waals surface area contributed by atoms with Crippen molar-refractivity contribution in [2.24, 2.45) is 5.10 Å². The van der Waals surface area contributed by atoms with E-state index in [0.717, 1.165) is 12.3 Å². The van der Waals surface area contributed by atoms with E-state index >= 15 is 0 Å². The third kappa shape index (κ3) is 5.80. The first-order chi connectivity index (χ1) is 12.4. The summed E-state index contributed by atoms with van der Waals surface area (Å²) in [5.41, 5.74) is 1.15. The van der Waals surface area contributed by atoms with E-state index in [4.69, 9.17) is 9.47 Å². The Hall–Kier alpha value is -3.03. The Labute approximate surface area is 148 Å². The number of rotatable bonds is 7. The first kappa shape index (κ1) is 19.3. The van der Waals surface area contributed by atoms with Gasteiger partial charge in [-0.2, -0.15) is 18.3 Å². The maximum atomic E-state index is 12.8. The molecule has 138 valence electrons. The lowest BCUT2D eigenvalue weighted by Crippen LogP contribution is -2.24. The van der Waals surface area contributed by atoms with Crippen molar-refractivity contribution in [1.29, 1.82) is 0 Å². The molecule has 1 N–H and O–H groups in total. The molecule has 5 nitrogen and oxygen atoms in total. The van der Waals surface area contributed by atoms with Crippen LogP contribution in [0.1, 0.15) is 18.1 Å². The van der Waals surface area contributed by atoms with E-state index in [1.807, 2.05) is 6.92 Å². The minimum absolute atomic E-state index is 0.146. The summed E-state index contributed by atoms with van der Waals surface area (Å²) >= 11 is 0. The molecule has 0 heterocycles. The van der Waals surface area contributed by atoms with Crippen LogP contribution in [0.3, 0.4) is 0 Å². The maximum Gasteiger partial charge on any atom is 0.417 e. The molecule has 0 unspecified atom stereocenters. The van der Waals surface area contributed by atoms with Crippen LogP contribution >= 0.6 is 0 Å². The zero-order chi connectivity index (χ0) is 19.0. The highest BCUT2D eigenvalue weighted by molar-refractivity contribution is 5.84. The van der Waals surface area contributed by atoms with E-state index < -0.39 is 17.6 Å². The van der Waals surface area contributed by atoms with Gasteiger partial charge in [0.1, 0.15) is 11.5 Å². The number of hydrogen-bond acceptors (Lipinski definition) is 4. The fourth-order valence-corrected chi connectivity index (χ4v) is 2.02. The van der Waals surface area contributed by atoms with Gasteiger partial charge in [-0.1, -0.05) is 18.2 Å². The Morgan fingerprint density at radius 1 is 1.08 bits per heavy atom. The molecular formula is C18H17F3N2O3. The highest BCUT2D eigenvalue weighted by Gasteiger charge is 2.32. The molecule has 0 saturated heterocycles. The second-order valence-corrected chi connectivity index (χ2v) is 5.07. The largest absolute Gasteiger partial charge is 0.494 e. The van der Waals surface area contributed by atoms with E-state index in [9.17, 15) is 18.0 Å². The van der Waals surface area contributed by atoms with Gasteiger partial charge in [-0.05, 0) is 37.3 Å².